The van der Waals surface area contributed by atoms with E-state index in [0.717, 1.165) is 40.1 Å². The molecule has 0 spiro atoms. The molecule has 3 aromatic carbocycles. The van der Waals surface area contributed by atoms with Gasteiger partial charge >= 0.3 is 0 Å². The molecule has 2 heterocycles. The third-order valence-electron chi connectivity index (χ3n) is 5.23. The lowest BCUT2D eigenvalue weighted by Gasteiger charge is -2.25. The van der Waals surface area contributed by atoms with Crippen molar-refractivity contribution >= 4 is 10.9 Å². The molecule has 1 atom stereocenters. The van der Waals surface area contributed by atoms with Gasteiger partial charge in [0.1, 0.15) is 18.1 Å². The summed E-state index contributed by atoms with van der Waals surface area (Å²) in [6.45, 7) is 1.15. The van der Waals surface area contributed by atoms with Gasteiger partial charge in [0, 0.05) is 23.3 Å². The molecular formula is C26H22NO2. The Morgan fingerprint density at radius 3 is 2.69 bits per heavy atom. The van der Waals surface area contributed by atoms with E-state index in [4.69, 9.17) is 9.47 Å². The van der Waals surface area contributed by atoms with Gasteiger partial charge < -0.3 is 9.47 Å². The van der Waals surface area contributed by atoms with E-state index in [0.29, 0.717) is 19.1 Å². The second kappa shape index (κ2) is 7.96. The third kappa shape index (κ3) is 4.09. The number of aromatic nitrogens is 1. The molecule has 29 heavy (non-hydrogen) atoms. The molecule has 0 amide bonds. The minimum atomic E-state index is 0.363. The summed E-state index contributed by atoms with van der Waals surface area (Å²) in [5.74, 6) is 2.12. The van der Waals surface area contributed by atoms with E-state index in [2.05, 4.69) is 53.9 Å². The van der Waals surface area contributed by atoms with Gasteiger partial charge in [0.2, 0.25) is 0 Å². The predicted molar refractivity (Wildman–Crippen MR) is 115 cm³/mol. The zero-order valence-corrected chi connectivity index (χ0v) is 16.1. The van der Waals surface area contributed by atoms with Crippen LogP contribution in [0.1, 0.15) is 16.8 Å². The average Bonchev–Trinajstić information content (AvgIpc) is 2.78. The van der Waals surface area contributed by atoms with E-state index in [1.165, 1.54) is 5.56 Å². The molecule has 1 aliphatic rings. The number of hydrogen-bond acceptors (Lipinski definition) is 3. The fraction of sp³-hybridized carbons (Fsp3) is 0.154. The molecule has 3 nitrogen and oxygen atoms in total. The summed E-state index contributed by atoms with van der Waals surface area (Å²) in [6, 6.07) is 28.8. The van der Waals surface area contributed by atoms with Crippen LogP contribution >= 0.6 is 0 Å². The van der Waals surface area contributed by atoms with Gasteiger partial charge in [0.25, 0.3) is 0 Å². The summed E-state index contributed by atoms with van der Waals surface area (Å²) in [4.78, 5) is 4.68. The summed E-state index contributed by atoms with van der Waals surface area (Å²) >= 11 is 0. The van der Waals surface area contributed by atoms with Crippen molar-refractivity contribution in [2.24, 2.45) is 5.92 Å². The van der Waals surface area contributed by atoms with Crippen molar-refractivity contribution in [3.05, 3.63) is 108 Å². The number of fused-ring (bicyclic) bond motifs is 2. The molecule has 4 aromatic rings. The van der Waals surface area contributed by atoms with Gasteiger partial charge in [-0.25, -0.2) is 4.98 Å². The fourth-order valence-electron chi connectivity index (χ4n) is 3.76. The first-order valence-corrected chi connectivity index (χ1v) is 9.97. The summed E-state index contributed by atoms with van der Waals surface area (Å²) in [7, 11) is 0. The Bertz CT molecular complexity index is 1120. The minimum absolute atomic E-state index is 0.363. The molecule has 0 unspecified atom stereocenters. The van der Waals surface area contributed by atoms with Crippen LogP contribution in [0.4, 0.5) is 0 Å². The molecule has 143 valence electrons. The highest BCUT2D eigenvalue weighted by Gasteiger charge is 2.21. The highest BCUT2D eigenvalue weighted by atomic mass is 16.5. The Morgan fingerprint density at radius 1 is 0.897 bits per heavy atom. The number of hydrogen-bond donors (Lipinski definition) is 0. The highest BCUT2D eigenvalue weighted by molar-refractivity contribution is 5.78. The Morgan fingerprint density at radius 2 is 1.76 bits per heavy atom. The lowest BCUT2D eigenvalue weighted by Crippen LogP contribution is -2.21. The van der Waals surface area contributed by atoms with Crippen LogP contribution in [0.5, 0.6) is 11.5 Å². The Kier molecular flexibility index (Phi) is 4.87. The molecule has 0 saturated heterocycles. The van der Waals surface area contributed by atoms with E-state index in [9.17, 15) is 0 Å². The number of ether oxygens (including phenoxy) is 2. The van der Waals surface area contributed by atoms with Gasteiger partial charge in [0.05, 0.1) is 17.8 Å². The van der Waals surface area contributed by atoms with Crippen LogP contribution in [0.25, 0.3) is 10.9 Å². The molecule has 1 aromatic heterocycles. The first-order chi connectivity index (χ1) is 14.3. The van der Waals surface area contributed by atoms with E-state index >= 15 is 0 Å². The molecule has 0 saturated carbocycles. The SMILES string of the molecule is [CH]1c2cc(OCc3ccc4ccccc4n3)ccc2OC[C@@H]1Cc1ccccc1. The van der Waals surface area contributed by atoms with Gasteiger partial charge in [-0.2, -0.15) is 0 Å². The van der Waals surface area contributed by atoms with E-state index in [1.807, 2.05) is 42.5 Å². The lowest BCUT2D eigenvalue weighted by molar-refractivity contribution is 0.248. The summed E-state index contributed by atoms with van der Waals surface area (Å²) in [6.07, 6.45) is 3.28. The maximum Gasteiger partial charge on any atom is 0.130 e. The first-order valence-electron chi connectivity index (χ1n) is 9.97. The van der Waals surface area contributed by atoms with Crippen LogP contribution in [0.2, 0.25) is 0 Å². The highest BCUT2D eigenvalue weighted by Crippen LogP contribution is 2.33. The zero-order valence-electron chi connectivity index (χ0n) is 16.1. The minimum Gasteiger partial charge on any atom is -0.493 e. The van der Waals surface area contributed by atoms with E-state index < -0.39 is 0 Å². The Labute approximate surface area is 170 Å². The van der Waals surface area contributed by atoms with Gasteiger partial charge in [0.15, 0.2) is 0 Å². The summed E-state index contributed by atoms with van der Waals surface area (Å²) in [5, 5.41) is 1.14. The van der Waals surface area contributed by atoms with Crippen molar-refractivity contribution in [2.75, 3.05) is 6.61 Å². The van der Waals surface area contributed by atoms with Crippen molar-refractivity contribution in [3.63, 3.8) is 0 Å². The fourth-order valence-corrected chi connectivity index (χ4v) is 3.76. The second-order valence-electron chi connectivity index (χ2n) is 7.41. The lowest BCUT2D eigenvalue weighted by atomic mass is 9.91. The van der Waals surface area contributed by atoms with Crippen LogP contribution in [-0.2, 0) is 13.0 Å². The van der Waals surface area contributed by atoms with Crippen molar-refractivity contribution in [1.29, 1.82) is 0 Å². The van der Waals surface area contributed by atoms with Crippen LogP contribution in [0, 0.1) is 12.3 Å². The molecule has 0 aliphatic carbocycles. The van der Waals surface area contributed by atoms with Gasteiger partial charge in [-0.05, 0) is 42.3 Å². The standard InChI is InChI=1S/C26H22NO2/c1-2-6-19(7-3-1)14-20-15-22-16-24(12-13-26(22)29-17-20)28-18-23-11-10-21-8-4-5-9-25(21)27-23/h1-13,15-16,20H,14,17-18H2/t20-/m1/s1. The van der Waals surface area contributed by atoms with Gasteiger partial charge in [-0.1, -0.05) is 54.6 Å². The second-order valence-corrected chi connectivity index (χ2v) is 7.41. The van der Waals surface area contributed by atoms with Crippen molar-refractivity contribution in [1.82, 2.24) is 4.98 Å². The van der Waals surface area contributed by atoms with Gasteiger partial charge in [-0.15, -0.1) is 0 Å². The molecule has 0 bridgehead atoms. The maximum atomic E-state index is 6.02. The molecule has 3 heteroatoms. The predicted octanol–water partition coefficient (Wildman–Crippen LogP) is 5.62. The monoisotopic (exact) mass is 380 g/mol. The number of para-hydroxylation sites is 1. The zero-order chi connectivity index (χ0) is 19.5. The Hall–Kier alpha value is -3.33. The van der Waals surface area contributed by atoms with Crippen LogP contribution in [0.15, 0.2) is 84.9 Å². The summed E-state index contributed by atoms with van der Waals surface area (Å²) in [5.41, 5.74) is 4.34. The quantitative estimate of drug-likeness (QED) is 0.450. The smallest absolute Gasteiger partial charge is 0.130 e. The topological polar surface area (TPSA) is 31.4 Å². The van der Waals surface area contributed by atoms with Crippen molar-refractivity contribution in [3.8, 4) is 11.5 Å². The normalized spacial score (nSPS) is 15.5. The number of rotatable bonds is 5. The van der Waals surface area contributed by atoms with Gasteiger partial charge in [-0.3, -0.25) is 0 Å². The Balaban J connectivity index is 1.27. The molecule has 1 aliphatic heterocycles. The molecule has 1 radical (unpaired) electrons. The summed E-state index contributed by atoms with van der Waals surface area (Å²) < 4.78 is 12.0. The number of pyridine rings is 1. The van der Waals surface area contributed by atoms with E-state index in [1.54, 1.807) is 0 Å². The van der Waals surface area contributed by atoms with Crippen molar-refractivity contribution < 1.29 is 9.47 Å². The molecular weight excluding hydrogens is 358 g/mol. The maximum absolute atomic E-state index is 6.02. The number of benzene rings is 3. The van der Waals surface area contributed by atoms with Crippen LogP contribution in [-0.4, -0.2) is 11.6 Å². The first kappa shape index (κ1) is 17.7. The largest absolute Gasteiger partial charge is 0.493 e. The average molecular weight is 380 g/mol. The van der Waals surface area contributed by atoms with E-state index in [-0.39, 0.29) is 0 Å². The number of nitrogens with zero attached hydrogens (tertiary/aromatic N) is 1. The molecule has 0 fully saturated rings. The van der Waals surface area contributed by atoms with Crippen LogP contribution < -0.4 is 9.47 Å². The van der Waals surface area contributed by atoms with Crippen molar-refractivity contribution in [2.45, 2.75) is 13.0 Å². The van der Waals surface area contributed by atoms with Crippen LogP contribution in [0.3, 0.4) is 0 Å². The molecule has 5 rings (SSSR count). The molecule has 0 N–H and O–H groups in total. The third-order valence-corrected chi connectivity index (χ3v) is 5.23.